The van der Waals surface area contributed by atoms with E-state index in [1.54, 1.807) is 24.1 Å². The lowest BCUT2D eigenvalue weighted by Gasteiger charge is -2.07. The van der Waals surface area contributed by atoms with Gasteiger partial charge in [0.25, 0.3) is 0 Å². The summed E-state index contributed by atoms with van der Waals surface area (Å²) in [5, 5.41) is 8.16. The van der Waals surface area contributed by atoms with Crippen LogP contribution in [0.3, 0.4) is 0 Å². The Morgan fingerprint density at radius 3 is 2.48 bits per heavy atom. The van der Waals surface area contributed by atoms with Gasteiger partial charge in [-0.15, -0.1) is 0 Å². The summed E-state index contributed by atoms with van der Waals surface area (Å²) >= 11 is 0. The van der Waals surface area contributed by atoms with Crippen LogP contribution in [0.2, 0.25) is 0 Å². The molecule has 2 N–H and O–H groups in total. The highest BCUT2D eigenvalue weighted by Crippen LogP contribution is 2.18. The zero-order valence-electron chi connectivity index (χ0n) is 12.1. The smallest absolute Gasteiger partial charge is 0.313 e. The van der Waals surface area contributed by atoms with Gasteiger partial charge in [0.2, 0.25) is 0 Å². The van der Waals surface area contributed by atoms with Gasteiger partial charge in [-0.25, -0.2) is 13.2 Å². The number of carbonyl (C=O) groups excluding carboxylic acids is 2. The van der Waals surface area contributed by atoms with Crippen molar-refractivity contribution in [2.24, 2.45) is 7.05 Å². The van der Waals surface area contributed by atoms with Crippen LogP contribution in [0, 0.1) is 17.5 Å². The molecule has 6 nitrogen and oxygen atoms in total. The number of anilines is 1. The van der Waals surface area contributed by atoms with Gasteiger partial charge in [-0.1, -0.05) is 0 Å². The zero-order chi connectivity index (χ0) is 17.0. The van der Waals surface area contributed by atoms with Gasteiger partial charge >= 0.3 is 11.8 Å². The Kier molecular flexibility index (Phi) is 4.99. The summed E-state index contributed by atoms with van der Waals surface area (Å²) in [4.78, 5) is 23.2. The maximum atomic E-state index is 13.4. The average Bonchev–Trinajstić information content (AvgIpc) is 2.90. The summed E-state index contributed by atoms with van der Waals surface area (Å²) in [5.74, 6) is -6.10. The van der Waals surface area contributed by atoms with Crippen LogP contribution in [0.25, 0.3) is 0 Å². The van der Waals surface area contributed by atoms with Crippen LogP contribution in [-0.4, -0.2) is 28.1 Å². The Morgan fingerprint density at radius 1 is 1.13 bits per heavy atom. The third-order valence-electron chi connectivity index (χ3n) is 2.92. The van der Waals surface area contributed by atoms with E-state index in [1.807, 2.05) is 5.32 Å². The topological polar surface area (TPSA) is 76.0 Å². The lowest BCUT2D eigenvalue weighted by molar-refractivity contribution is -0.136. The van der Waals surface area contributed by atoms with Gasteiger partial charge in [0, 0.05) is 31.9 Å². The first kappa shape index (κ1) is 16.5. The number of nitrogens with zero attached hydrogens (tertiary/aromatic N) is 2. The van der Waals surface area contributed by atoms with Gasteiger partial charge in [-0.3, -0.25) is 14.3 Å². The molecule has 0 fully saturated rings. The van der Waals surface area contributed by atoms with Crippen LogP contribution < -0.4 is 10.6 Å². The lowest BCUT2D eigenvalue weighted by atomic mass is 10.2. The summed E-state index contributed by atoms with van der Waals surface area (Å²) < 4.78 is 40.7. The maximum absolute atomic E-state index is 13.4. The van der Waals surface area contributed by atoms with E-state index in [2.05, 4.69) is 10.4 Å². The minimum Gasteiger partial charge on any atom is -0.347 e. The number of carbonyl (C=O) groups is 2. The van der Waals surface area contributed by atoms with Gasteiger partial charge < -0.3 is 10.6 Å². The molecule has 2 rings (SSSR count). The predicted molar refractivity (Wildman–Crippen MR) is 74.9 cm³/mol. The number of amides is 2. The fourth-order valence-electron chi connectivity index (χ4n) is 1.80. The van der Waals surface area contributed by atoms with Gasteiger partial charge in [-0.05, 0) is 12.0 Å². The van der Waals surface area contributed by atoms with Crippen LogP contribution in [0.4, 0.5) is 18.9 Å². The Labute approximate surface area is 129 Å². The summed E-state index contributed by atoms with van der Waals surface area (Å²) in [5.41, 5.74) is 0.246. The average molecular weight is 326 g/mol. The summed E-state index contributed by atoms with van der Waals surface area (Å²) in [6.07, 6.45) is 3.82. The Morgan fingerprint density at radius 2 is 1.83 bits per heavy atom. The third-order valence-corrected chi connectivity index (χ3v) is 2.92. The fraction of sp³-hybridized carbons (Fsp3) is 0.214. The number of rotatable bonds is 4. The van der Waals surface area contributed by atoms with Crippen molar-refractivity contribution in [3.05, 3.63) is 47.5 Å². The maximum Gasteiger partial charge on any atom is 0.313 e. The molecule has 2 amide bonds. The van der Waals surface area contributed by atoms with Crippen LogP contribution in [0.1, 0.15) is 5.56 Å². The van der Waals surface area contributed by atoms with E-state index in [9.17, 15) is 22.8 Å². The van der Waals surface area contributed by atoms with Crippen LogP contribution in [0.5, 0.6) is 0 Å². The third kappa shape index (κ3) is 4.31. The van der Waals surface area contributed by atoms with Crippen LogP contribution >= 0.6 is 0 Å². The van der Waals surface area contributed by atoms with Crippen molar-refractivity contribution in [1.29, 1.82) is 0 Å². The van der Waals surface area contributed by atoms with E-state index in [-0.39, 0.29) is 12.6 Å². The number of aryl methyl sites for hydroxylation is 1. The molecule has 0 saturated heterocycles. The number of hydrogen-bond donors (Lipinski definition) is 2. The standard InChI is InChI=1S/C14H13F3N4O2/c1-21-7-8(6-19-21)2-3-18-13(22)14(23)20-12-5-10(16)9(15)4-11(12)17/h4-7H,2-3H2,1H3,(H,18,22)(H,20,23). The molecule has 0 unspecified atom stereocenters. The molecular weight excluding hydrogens is 313 g/mol. The minimum absolute atomic E-state index is 0.165. The number of halogens is 3. The number of aromatic nitrogens is 2. The summed E-state index contributed by atoms with van der Waals surface area (Å²) in [6.45, 7) is 0.165. The summed E-state index contributed by atoms with van der Waals surface area (Å²) in [6, 6.07) is 0.747. The molecular formula is C14H13F3N4O2. The Hall–Kier alpha value is -2.84. The van der Waals surface area contributed by atoms with Gasteiger partial charge in [0.05, 0.1) is 11.9 Å². The lowest BCUT2D eigenvalue weighted by Crippen LogP contribution is -2.36. The Balaban J connectivity index is 1.87. The van der Waals surface area contributed by atoms with Crippen LogP contribution in [0.15, 0.2) is 24.5 Å². The van der Waals surface area contributed by atoms with Gasteiger partial charge in [0.15, 0.2) is 11.6 Å². The largest absolute Gasteiger partial charge is 0.347 e. The second kappa shape index (κ2) is 6.95. The molecule has 0 saturated carbocycles. The second-order valence-corrected chi connectivity index (χ2v) is 4.73. The van der Waals surface area contributed by atoms with Crippen molar-refractivity contribution in [3.63, 3.8) is 0 Å². The number of hydrogen-bond acceptors (Lipinski definition) is 3. The molecule has 0 aliphatic carbocycles. The van der Waals surface area contributed by atoms with E-state index >= 15 is 0 Å². The monoisotopic (exact) mass is 326 g/mol. The minimum atomic E-state index is -1.39. The molecule has 0 aliphatic rings. The molecule has 9 heteroatoms. The van der Waals surface area contributed by atoms with E-state index in [0.717, 1.165) is 5.56 Å². The highest BCUT2D eigenvalue weighted by Gasteiger charge is 2.17. The highest BCUT2D eigenvalue weighted by molar-refractivity contribution is 6.39. The summed E-state index contributed by atoms with van der Waals surface area (Å²) in [7, 11) is 1.74. The first-order valence-electron chi connectivity index (χ1n) is 6.58. The fourth-order valence-corrected chi connectivity index (χ4v) is 1.80. The van der Waals surface area contributed by atoms with Crippen molar-refractivity contribution in [2.45, 2.75) is 6.42 Å². The molecule has 0 radical (unpaired) electrons. The van der Waals surface area contributed by atoms with Crippen molar-refractivity contribution >= 4 is 17.5 Å². The molecule has 122 valence electrons. The highest BCUT2D eigenvalue weighted by atomic mass is 19.2. The number of benzene rings is 1. The van der Waals surface area contributed by atoms with Crippen molar-refractivity contribution in [2.75, 3.05) is 11.9 Å². The van der Waals surface area contributed by atoms with E-state index < -0.39 is 35.0 Å². The Bertz CT molecular complexity index is 746. The van der Waals surface area contributed by atoms with Crippen molar-refractivity contribution < 1.29 is 22.8 Å². The van der Waals surface area contributed by atoms with Crippen molar-refractivity contribution in [3.8, 4) is 0 Å². The quantitative estimate of drug-likeness (QED) is 0.653. The predicted octanol–water partition coefficient (Wildman–Crippen LogP) is 1.13. The SMILES string of the molecule is Cn1cc(CCNC(=O)C(=O)Nc2cc(F)c(F)cc2F)cn1. The molecule has 23 heavy (non-hydrogen) atoms. The van der Waals surface area contributed by atoms with Gasteiger partial charge in [-0.2, -0.15) is 5.10 Å². The van der Waals surface area contributed by atoms with E-state index in [4.69, 9.17) is 0 Å². The molecule has 1 heterocycles. The molecule has 0 atom stereocenters. The molecule has 2 aromatic rings. The molecule has 0 spiro atoms. The van der Waals surface area contributed by atoms with E-state index in [1.165, 1.54) is 0 Å². The molecule has 0 bridgehead atoms. The molecule has 0 aliphatic heterocycles. The second-order valence-electron chi connectivity index (χ2n) is 4.73. The normalized spacial score (nSPS) is 10.4. The first-order valence-corrected chi connectivity index (χ1v) is 6.58. The molecule has 1 aromatic carbocycles. The molecule has 1 aromatic heterocycles. The first-order chi connectivity index (χ1) is 10.9. The van der Waals surface area contributed by atoms with Crippen LogP contribution in [-0.2, 0) is 23.1 Å². The number of nitrogens with one attached hydrogen (secondary N) is 2. The van der Waals surface area contributed by atoms with Crippen molar-refractivity contribution in [1.82, 2.24) is 15.1 Å². The zero-order valence-corrected chi connectivity index (χ0v) is 12.1. The van der Waals surface area contributed by atoms with Gasteiger partial charge in [0.1, 0.15) is 5.82 Å². The van der Waals surface area contributed by atoms with E-state index in [0.29, 0.717) is 12.5 Å².